The predicted octanol–water partition coefficient (Wildman–Crippen LogP) is 2.74. The number of anilines is 1. The van der Waals surface area contributed by atoms with Gasteiger partial charge in [-0.3, -0.25) is 4.99 Å². The number of rotatable bonds is 5. The Labute approximate surface area is 187 Å². The van der Waals surface area contributed by atoms with Gasteiger partial charge in [0.2, 0.25) is 0 Å². The van der Waals surface area contributed by atoms with Crippen molar-refractivity contribution in [3.63, 3.8) is 0 Å². The molecule has 0 unspecified atom stereocenters. The van der Waals surface area contributed by atoms with Crippen LogP contribution in [0.2, 0.25) is 0 Å². The Kier molecular flexibility index (Phi) is 9.64. The van der Waals surface area contributed by atoms with E-state index in [1.54, 1.807) is 7.11 Å². The minimum absolute atomic E-state index is 0. The Bertz CT molecular complexity index is 611. The first-order valence-corrected chi connectivity index (χ1v) is 10.2. The second-order valence-electron chi connectivity index (χ2n) is 7.66. The molecule has 3 rings (SSSR count). The molecule has 0 atom stereocenters. The molecule has 1 aromatic rings. The molecule has 2 aliphatic heterocycles. The van der Waals surface area contributed by atoms with Crippen molar-refractivity contribution >= 4 is 35.6 Å². The molecular formula is C21H36IN5O. The SMILES string of the molecule is CN=C(NCCC1CCN(C)CC1)N1CCN(c2ccccc2OC)CC1.I. The second-order valence-corrected chi connectivity index (χ2v) is 7.66. The monoisotopic (exact) mass is 501 g/mol. The van der Waals surface area contributed by atoms with E-state index in [1.807, 2.05) is 19.2 Å². The highest BCUT2D eigenvalue weighted by Gasteiger charge is 2.22. The Morgan fingerprint density at radius 3 is 2.43 bits per heavy atom. The van der Waals surface area contributed by atoms with Crippen LogP contribution in [0.25, 0.3) is 0 Å². The molecule has 0 saturated carbocycles. The van der Waals surface area contributed by atoms with E-state index in [1.165, 1.54) is 38.0 Å². The lowest BCUT2D eigenvalue weighted by atomic mass is 9.94. The van der Waals surface area contributed by atoms with Crippen molar-refractivity contribution in [1.29, 1.82) is 0 Å². The highest BCUT2D eigenvalue weighted by atomic mass is 127. The number of nitrogens with zero attached hydrogens (tertiary/aromatic N) is 4. The van der Waals surface area contributed by atoms with E-state index in [4.69, 9.17) is 4.74 Å². The van der Waals surface area contributed by atoms with Crippen LogP contribution in [0, 0.1) is 5.92 Å². The van der Waals surface area contributed by atoms with Crippen molar-refractivity contribution < 1.29 is 4.74 Å². The fraction of sp³-hybridized carbons (Fsp3) is 0.667. The summed E-state index contributed by atoms with van der Waals surface area (Å²) >= 11 is 0. The average Bonchev–Trinajstić information content (AvgIpc) is 2.73. The normalized spacial score (nSPS) is 19.3. The van der Waals surface area contributed by atoms with E-state index in [-0.39, 0.29) is 24.0 Å². The van der Waals surface area contributed by atoms with Crippen molar-refractivity contribution in [3.05, 3.63) is 24.3 Å². The molecule has 0 bridgehead atoms. The van der Waals surface area contributed by atoms with Crippen LogP contribution >= 0.6 is 24.0 Å². The van der Waals surface area contributed by atoms with E-state index in [9.17, 15) is 0 Å². The molecule has 0 amide bonds. The number of likely N-dealkylation sites (tertiary alicyclic amines) is 1. The van der Waals surface area contributed by atoms with Gasteiger partial charge in [0, 0.05) is 39.8 Å². The van der Waals surface area contributed by atoms with E-state index in [0.29, 0.717) is 0 Å². The van der Waals surface area contributed by atoms with Gasteiger partial charge in [-0.15, -0.1) is 24.0 Å². The smallest absolute Gasteiger partial charge is 0.193 e. The van der Waals surface area contributed by atoms with Crippen LogP contribution in [0.5, 0.6) is 5.75 Å². The average molecular weight is 501 g/mol. The molecule has 0 spiro atoms. The summed E-state index contributed by atoms with van der Waals surface area (Å²) in [5, 5.41) is 3.59. The lowest BCUT2D eigenvalue weighted by Crippen LogP contribution is -2.52. The topological polar surface area (TPSA) is 43.3 Å². The first-order chi connectivity index (χ1) is 13.2. The molecule has 6 nitrogen and oxygen atoms in total. The number of para-hydroxylation sites is 2. The standard InChI is InChI=1S/C21H35N5O.HI/c1-22-21(23-11-8-18-9-12-24(2)13-10-18)26-16-14-25(15-17-26)19-6-4-5-7-20(19)27-3;/h4-7,18H,8-17H2,1-3H3,(H,22,23);1H. The first-order valence-electron chi connectivity index (χ1n) is 10.2. The third-order valence-electron chi connectivity index (χ3n) is 5.89. The van der Waals surface area contributed by atoms with Crippen LogP contribution in [-0.4, -0.2) is 82.8 Å². The van der Waals surface area contributed by atoms with Crippen molar-refractivity contribution in [3.8, 4) is 5.75 Å². The highest BCUT2D eigenvalue weighted by molar-refractivity contribution is 14.0. The van der Waals surface area contributed by atoms with Crippen LogP contribution in [0.1, 0.15) is 19.3 Å². The van der Waals surface area contributed by atoms with Gasteiger partial charge in [-0.25, -0.2) is 0 Å². The summed E-state index contributed by atoms with van der Waals surface area (Å²) in [6.07, 6.45) is 3.90. The molecule has 1 N–H and O–H groups in total. The summed E-state index contributed by atoms with van der Waals surface area (Å²) in [5.74, 6) is 2.85. The lowest BCUT2D eigenvalue weighted by Gasteiger charge is -2.38. The Morgan fingerprint density at radius 1 is 1.11 bits per heavy atom. The highest BCUT2D eigenvalue weighted by Crippen LogP contribution is 2.28. The zero-order valence-corrected chi connectivity index (χ0v) is 19.9. The summed E-state index contributed by atoms with van der Waals surface area (Å²) in [6.45, 7) is 7.42. The molecule has 2 saturated heterocycles. The van der Waals surface area contributed by atoms with Crippen molar-refractivity contribution in [2.45, 2.75) is 19.3 Å². The number of halogens is 1. The number of methoxy groups -OCH3 is 1. The molecule has 2 fully saturated rings. The summed E-state index contributed by atoms with van der Waals surface area (Å²) in [4.78, 5) is 11.7. The maximum absolute atomic E-state index is 5.52. The van der Waals surface area contributed by atoms with Gasteiger partial charge in [0.05, 0.1) is 12.8 Å². The third kappa shape index (κ3) is 6.14. The number of aliphatic imine (C=N–C) groups is 1. The largest absolute Gasteiger partial charge is 0.495 e. The number of benzene rings is 1. The summed E-state index contributed by atoms with van der Waals surface area (Å²) in [7, 11) is 5.86. The number of hydrogen-bond donors (Lipinski definition) is 1. The fourth-order valence-corrected chi connectivity index (χ4v) is 4.12. The zero-order valence-electron chi connectivity index (χ0n) is 17.6. The summed E-state index contributed by atoms with van der Waals surface area (Å²) in [5.41, 5.74) is 1.19. The van der Waals surface area contributed by atoms with E-state index in [0.717, 1.165) is 50.4 Å². The van der Waals surface area contributed by atoms with Crippen LogP contribution in [-0.2, 0) is 0 Å². The molecule has 158 valence electrons. The minimum atomic E-state index is 0. The minimum Gasteiger partial charge on any atom is -0.495 e. The van der Waals surface area contributed by atoms with Crippen LogP contribution in [0.15, 0.2) is 29.3 Å². The Hall–Kier alpha value is -1.22. The molecule has 28 heavy (non-hydrogen) atoms. The van der Waals surface area contributed by atoms with Crippen LogP contribution in [0.4, 0.5) is 5.69 Å². The van der Waals surface area contributed by atoms with Crippen molar-refractivity contribution in [2.75, 3.05) is 71.9 Å². The predicted molar refractivity (Wildman–Crippen MR) is 128 cm³/mol. The van der Waals surface area contributed by atoms with Gasteiger partial charge in [0.15, 0.2) is 5.96 Å². The van der Waals surface area contributed by atoms with Gasteiger partial charge in [-0.1, -0.05) is 12.1 Å². The van der Waals surface area contributed by atoms with Crippen LogP contribution < -0.4 is 15.0 Å². The lowest BCUT2D eigenvalue weighted by molar-refractivity contribution is 0.212. The first kappa shape index (κ1) is 23.1. The van der Waals surface area contributed by atoms with Gasteiger partial charge >= 0.3 is 0 Å². The maximum Gasteiger partial charge on any atom is 0.193 e. The van der Waals surface area contributed by atoms with Gasteiger partial charge < -0.3 is 24.8 Å². The quantitative estimate of drug-likeness (QED) is 0.382. The number of piperazine rings is 1. The molecule has 0 aromatic heterocycles. The third-order valence-corrected chi connectivity index (χ3v) is 5.89. The van der Waals surface area contributed by atoms with Gasteiger partial charge in [-0.2, -0.15) is 0 Å². The Morgan fingerprint density at radius 2 is 1.79 bits per heavy atom. The molecule has 0 aliphatic carbocycles. The van der Waals surface area contributed by atoms with Gasteiger partial charge in [0.1, 0.15) is 5.75 Å². The zero-order chi connectivity index (χ0) is 19.1. The maximum atomic E-state index is 5.52. The molecule has 0 radical (unpaired) electrons. The molecule has 7 heteroatoms. The van der Waals surface area contributed by atoms with E-state index < -0.39 is 0 Å². The number of hydrogen-bond acceptors (Lipinski definition) is 4. The van der Waals surface area contributed by atoms with Gasteiger partial charge in [-0.05, 0) is 57.5 Å². The molecule has 1 aromatic carbocycles. The number of ether oxygens (including phenoxy) is 1. The molecule has 2 aliphatic rings. The molecular weight excluding hydrogens is 465 g/mol. The fourth-order valence-electron chi connectivity index (χ4n) is 4.12. The summed E-state index contributed by atoms with van der Waals surface area (Å²) in [6, 6.07) is 8.27. The summed E-state index contributed by atoms with van der Waals surface area (Å²) < 4.78 is 5.52. The van der Waals surface area contributed by atoms with Crippen molar-refractivity contribution in [2.24, 2.45) is 10.9 Å². The van der Waals surface area contributed by atoms with Crippen LogP contribution in [0.3, 0.4) is 0 Å². The van der Waals surface area contributed by atoms with E-state index in [2.05, 4.69) is 44.2 Å². The Balaban J connectivity index is 0.00000280. The van der Waals surface area contributed by atoms with E-state index >= 15 is 0 Å². The van der Waals surface area contributed by atoms with Gasteiger partial charge in [0.25, 0.3) is 0 Å². The molecule has 2 heterocycles. The number of nitrogens with one attached hydrogen (secondary N) is 1. The number of guanidine groups is 1. The van der Waals surface area contributed by atoms with Crippen molar-refractivity contribution in [1.82, 2.24) is 15.1 Å². The second kappa shape index (κ2) is 11.7. The number of piperidine rings is 1.